The Morgan fingerprint density at radius 3 is 3.00 bits per heavy atom. The van der Waals surface area contributed by atoms with E-state index in [9.17, 15) is 10.1 Å². The minimum Gasteiger partial charge on any atom is -0.355 e. The zero-order valence-corrected chi connectivity index (χ0v) is 10.1. The summed E-state index contributed by atoms with van der Waals surface area (Å²) < 4.78 is 0. The summed E-state index contributed by atoms with van der Waals surface area (Å²) in [7, 11) is 0. The van der Waals surface area contributed by atoms with Gasteiger partial charge in [-0.2, -0.15) is 0 Å². The first-order valence-corrected chi connectivity index (χ1v) is 5.79. The second kappa shape index (κ2) is 5.46. The first kappa shape index (κ1) is 12.3. The number of aromatic nitrogens is 2. The summed E-state index contributed by atoms with van der Waals surface area (Å²) in [4.78, 5) is 17.5. The second-order valence-corrected chi connectivity index (χ2v) is 3.82. The summed E-state index contributed by atoms with van der Waals surface area (Å²) in [5.41, 5.74) is 1.44. The molecule has 0 saturated heterocycles. The van der Waals surface area contributed by atoms with Gasteiger partial charge in [-0.3, -0.25) is 10.1 Å². The number of rotatable bonds is 6. The highest BCUT2D eigenvalue weighted by Crippen LogP contribution is 2.20. The fourth-order valence-corrected chi connectivity index (χ4v) is 1.64. The van der Waals surface area contributed by atoms with E-state index in [0.29, 0.717) is 17.0 Å². The molecule has 1 aromatic carbocycles. The molecule has 2 rings (SSSR count). The van der Waals surface area contributed by atoms with E-state index in [4.69, 9.17) is 0 Å². The highest BCUT2D eigenvalue weighted by molar-refractivity contribution is 5.79. The number of non-ortho nitro benzene ring substituents is 1. The van der Waals surface area contributed by atoms with Crippen molar-refractivity contribution in [2.45, 2.75) is 6.92 Å². The molecule has 7 heteroatoms. The second-order valence-electron chi connectivity index (χ2n) is 3.82. The largest absolute Gasteiger partial charge is 0.355 e. The molecule has 2 aromatic rings. The molecule has 0 radical (unpaired) electrons. The van der Waals surface area contributed by atoms with Gasteiger partial charge >= 0.3 is 0 Å². The van der Waals surface area contributed by atoms with Gasteiger partial charge in [-0.25, -0.2) is 4.98 Å². The molecule has 96 valence electrons. The summed E-state index contributed by atoms with van der Waals surface area (Å²) in [5, 5.41) is 16.9. The van der Waals surface area contributed by atoms with Crippen molar-refractivity contribution in [1.29, 1.82) is 0 Å². The van der Waals surface area contributed by atoms with E-state index in [1.807, 2.05) is 6.92 Å². The van der Waals surface area contributed by atoms with Crippen molar-refractivity contribution in [3.8, 4) is 0 Å². The molecule has 3 N–H and O–H groups in total. The lowest BCUT2D eigenvalue weighted by molar-refractivity contribution is -0.384. The molecule has 18 heavy (non-hydrogen) atoms. The number of nitro groups is 1. The van der Waals surface area contributed by atoms with Gasteiger partial charge < -0.3 is 15.6 Å². The minimum absolute atomic E-state index is 0.0605. The third-order valence-corrected chi connectivity index (χ3v) is 2.52. The third kappa shape index (κ3) is 2.75. The van der Waals surface area contributed by atoms with Crippen LogP contribution in [0.1, 0.15) is 6.92 Å². The number of anilines is 1. The Bertz CT molecular complexity index is 551. The number of nitro benzene ring substituents is 1. The summed E-state index contributed by atoms with van der Waals surface area (Å²) >= 11 is 0. The van der Waals surface area contributed by atoms with Gasteiger partial charge in [-0.05, 0) is 12.6 Å². The summed E-state index contributed by atoms with van der Waals surface area (Å²) in [6.45, 7) is 4.55. The van der Waals surface area contributed by atoms with Crippen molar-refractivity contribution in [1.82, 2.24) is 15.3 Å². The van der Waals surface area contributed by atoms with E-state index in [1.54, 1.807) is 6.07 Å². The number of hydrogen-bond donors (Lipinski definition) is 3. The molecule has 1 heterocycles. The fraction of sp³-hybridized carbons (Fsp3) is 0.364. The molecular formula is C11H15N5O2. The van der Waals surface area contributed by atoms with Gasteiger partial charge in [0.05, 0.1) is 16.0 Å². The zero-order chi connectivity index (χ0) is 13.0. The molecule has 0 unspecified atom stereocenters. The Morgan fingerprint density at radius 1 is 1.44 bits per heavy atom. The van der Waals surface area contributed by atoms with Crippen LogP contribution in [0.2, 0.25) is 0 Å². The summed E-state index contributed by atoms with van der Waals surface area (Å²) in [6, 6.07) is 4.57. The third-order valence-electron chi connectivity index (χ3n) is 2.52. The van der Waals surface area contributed by atoms with Crippen molar-refractivity contribution in [3.05, 3.63) is 28.3 Å². The first-order valence-electron chi connectivity index (χ1n) is 5.79. The molecule has 0 amide bonds. The highest BCUT2D eigenvalue weighted by atomic mass is 16.6. The van der Waals surface area contributed by atoms with Crippen LogP contribution in [0, 0.1) is 10.1 Å². The smallest absolute Gasteiger partial charge is 0.271 e. The van der Waals surface area contributed by atoms with Gasteiger partial charge in [0.2, 0.25) is 5.95 Å². The molecule has 1 aromatic heterocycles. The van der Waals surface area contributed by atoms with Crippen LogP contribution in [0.25, 0.3) is 11.0 Å². The molecule has 0 aliphatic carbocycles. The molecule has 0 spiro atoms. The van der Waals surface area contributed by atoms with E-state index in [1.165, 1.54) is 12.1 Å². The van der Waals surface area contributed by atoms with Crippen LogP contribution in [0.3, 0.4) is 0 Å². The van der Waals surface area contributed by atoms with E-state index >= 15 is 0 Å². The zero-order valence-electron chi connectivity index (χ0n) is 10.1. The van der Waals surface area contributed by atoms with E-state index in [-0.39, 0.29) is 5.69 Å². The maximum absolute atomic E-state index is 10.6. The number of likely N-dealkylation sites (N-methyl/N-ethyl adjacent to an activating group) is 1. The number of hydrogen-bond acceptors (Lipinski definition) is 5. The monoisotopic (exact) mass is 249 g/mol. The normalized spacial score (nSPS) is 10.7. The van der Waals surface area contributed by atoms with Gasteiger partial charge in [-0.1, -0.05) is 6.92 Å². The van der Waals surface area contributed by atoms with Crippen molar-refractivity contribution >= 4 is 22.7 Å². The van der Waals surface area contributed by atoms with Gasteiger partial charge in [0.15, 0.2) is 0 Å². The lowest BCUT2D eigenvalue weighted by Gasteiger charge is -2.02. The van der Waals surface area contributed by atoms with Gasteiger partial charge in [0.1, 0.15) is 0 Å². The maximum atomic E-state index is 10.6. The minimum atomic E-state index is -0.418. The van der Waals surface area contributed by atoms with Crippen molar-refractivity contribution in [3.63, 3.8) is 0 Å². The van der Waals surface area contributed by atoms with E-state index in [2.05, 4.69) is 20.6 Å². The van der Waals surface area contributed by atoms with Crippen LogP contribution in [0.5, 0.6) is 0 Å². The molecular weight excluding hydrogens is 234 g/mol. The van der Waals surface area contributed by atoms with Crippen LogP contribution in [-0.2, 0) is 0 Å². The standard InChI is InChI=1S/C11H15N5O2/c1-2-12-5-6-13-11-14-9-4-3-8(16(17)18)7-10(9)15-11/h3-4,7,12H,2,5-6H2,1H3,(H2,13,14,15). The number of nitrogens with one attached hydrogen (secondary N) is 3. The highest BCUT2D eigenvalue weighted by Gasteiger charge is 2.09. The predicted molar refractivity (Wildman–Crippen MR) is 69.8 cm³/mol. The van der Waals surface area contributed by atoms with Gasteiger partial charge in [0.25, 0.3) is 5.69 Å². The van der Waals surface area contributed by atoms with Crippen molar-refractivity contribution in [2.24, 2.45) is 0 Å². The molecule has 7 nitrogen and oxygen atoms in total. The predicted octanol–water partition coefficient (Wildman–Crippen LogP) is 1.49. The Kier molecular flexibility index (Phi) is 3.73. The quantitative estimate of drug-likeness (QED) is 0.409. The summed E-state index contributed by atoms with van der Waals surface area (Å²) in [6.07, 6.45) is 0. The Labute approximate surface area is 104 Å². The number of benzene rings is 1. The van der Waals surface area contributed by atoms with E-state index in [0.717, 1.165) is 19.6 Å². The molecule has 0 fully saturated rings. The average molecular weight is 249 g/mol. The molecule has 0 saturated carbocycles. The van der Waals surface area contributed by atoms with Crippen LogP contribution < -0.4 is 10.6 Å². The Balaban J connectivity index is 2.09. The molecule has 0 aliphatic rings. The van der Waals surface area contributed by atoms with Crippen molar-refractivity contribution in [2.75, 3.05) is 25.0 Å². The Hall–Kier alpha value is -2.15. The lowest BCUT2D eigenvalue weighted by Crippen LogP contribution is -2.21. The maximum Gasteiger partial charge on any atom is 0.271 e. The molecule has 0 bridgehead atoms. The molecule has 0 atom stereocenters. The van der Waals surface area contributed by atoms with Crippen molar-refractivity contribution < 1.29 is 4.92 Å². The van der Waals surface area contributed by atoms with Gasteiger partial charge in [-0.15, -0.1) is 0 Å². The van der Waals surface area contributed by atoms with Crippen LogP contribution in [0.15, 0.2) is 18.2 Å². The number of nitrogens with zero attached hydrogens (tertiary/aromatic N) is 2. The van der Waals surface area contributed by atoms with Crippen LogP contribution >= 0.6 is 0 Å². The summed E-state index contributed by atoms with van der Waals surface area (Å²) in [5.74, 6) is 0.628. The fourth-order valence-electron chi connectivity index (χ4n) is 1.64. The molecule has 0 aliphatic heterocycles. The SMILES string of the molecule is CCNCCNc1nc2ccc([N+](=O)[O-])cc2[nH]1. The average Bonchev–Trinajstić information content (AvgIpc) is 2.76. The number of H-pyrrole nitrogens is 1. The van der Waals surface area contributed by atoms with E-state index < -0.39 is 4.92 Å². The topological polar surface area (TPSA) is 95.9 Å². The Morgan fingerprint density at radius 2 is 2.28 bits per heavy atom. The number of aromatic amines is 1. The lowest BCUT2D eigenvalue weighted by atomic mass is 10.3. The number of imidazole rings is 1. The number of fused-ring (bicyclic) bond motifs is 1. The van der Waals surface area contributed by atoms with Crippen LogP contribution in [-0.4, -0.2) is 34.5 Å². The van der Waals surface area contributed by atoms with Crippen LogP contribution in [0.4, 0.5) is 11.6 Å². The first-order chi connectivity index (χ1) is 8.70. The van der Waals surface area contributed by atoms with Gasteiger partial charge in [0, 0.05) is 25.2 Å².